The first-order valence-electron chi connectivity index (χ1n) is 9.82. The van der Waals surface area contributed by atoms with Crippen LogP contribution in [0.5, 0.6) is 0 Å². The lowest BCUT2D eigenvalue weighted by molar-refractivity contribution is 0.0679. The van der Waals surface area contributed by atoms with Gasteiger partial charge in [-0.25, -0.2) is 9.59 Å². The van der Waals surface area contributed by atoms with Crippen molar-refractivity contribution in [1.29, 1.82) is 0 Å². The molecule has 6 heteroatoms. The van der Waals surface area contributed by atoms with E-state index >= 15 is 0 Å². The van der Waals surface area contributed by atoms with Crippen LogP contribution in [0.15, 0.2) is 48.5 Å². The van der Waals surface area contributed by atoms with Crippen LogP contribution in [0.25, 0.3) is 11.1 Å². The smallest absolute Gasteiger partial charge is 0.352 e. The van der Waals surface area contributed by atoms with Crippen LogP contribution in [-0.4, -0.2) is 34.2 Å². The fourth-order valence-corrected chi connectivity index (χ4v) is 3.75. The number of aromatic amines is 1. The molecule has 1 heterocycles. The number of aryl methyl sites for hydroxylation is 1. The number of H-pyrrole nitrogens is 1. The number of carboxylic acid groups (broad SMARTS) is 2. The van der Waals surface area contributed by atoms with Crippen LogP contribution in [0.3, 0.4) is 0 Å². The van der Waals surface area contributed by atoms with E-state index in [0.29, 0.717) is 24.0 Å². The van der Waals surface area contributed by atoms with Crippen LogP contribution < -0.4 is 0 Å². The normalized spacial score (nSPS) is 10.9. The van der Waals surface area contributed by atoms with Crippen molar-refractivity contribution in [1.82, 2.24) is 4.98 Å². The van der Waals surface area contributed by atoms with Crippen LogP contribution in [0.2, 0.25) is 0 Å². The molecule has 0 aliphatic heterocycles. The Balaban J connectivity index is 2.07. The minimum atomic E-state index is -1.03. The average Bonchev–Trinajstić information content (AvgIpc) is 3.06. The number of nitrogens with one attached hydrogen (secondary N) is 1. The molecule has 3 aromatic rings. The minimum Gasteiger partial charge on any atom is -0.478 e. The number of methoxy groups -OCH3 is 1. The minimum absolute atomic E-state index is 0.134. The summed E-state index contributed by atoms with van der Waals surface area (Å²) in [7, 11) is 1.53. The molecule has 3 rings (SSSR count). The predicted molar refractivity (Wildman–Crippen MR) is 114 cm³/mol. The van der Waals surface area contributed by atoms with Gasteiger partial charge < -0.3 is 19.9 Å². The molecule has 0 saturated carbocycles. The molecular formula is C24H25NO5. The first-order valence-corrected chi connectivity index (χ1v) is 9.82. The van der Waals surface area contributed by atoms with Gasteiger partial charge in [0.2, 0.25) is 0 Å². The third kappa shape index (κ3) is 4.44. The second-order valence-electron chi connectivity index (χ2n) is 7.15. The molecule has 6 nitrogen and oxygen atoms in total. The molecule has 0 aliphatic carbocycles. The van der Waals surface area contributed by atoms with E-state index in [4.69, 9.17) is 4.74 Å². The third-order valence-corrected chi connectivity index (χ3v) is 5.09. The summed E-state index contributed by atoms with van der Waals surface area (Å²) in [4.78, 5) is 26.7. The van der Waals surface area contributed by atoms with Gasteiger partial charge in [0, 0.05) is 18.4 Å². The number of carbonyl (C=O) groups is 2. The second kappa shape index (κ2) is 9.41. The van der Waals surface area contributed by atoms with Gasteiger partial charge in [-0.1, -0.05) is 55.8 Å². The van der Waals surface area contributed by atoms with Gasteiger partial charge >= 0.3 is 11.9 Å². The van der Waals surface area contributed by atoms with E-state index in [1.54, 1.807) is 6.07 Å². The standard InChI is InChI=1S/C24H25NO5/c1-3-7-21-18(20(14-30-2)22(25-21)24(28)29)12-15-10-11-17(19(13-15)23(26)27)16-8-5-4-6-9-16/h4-6,8-11,13,25H,3,7,12,14H2,1-2H3,(H,26,27)(H,28,29). The van der Waals surface area contributed by atoms with E-state index in [1.807, 2.05) is 49.4 Å². The number of ether oxygens (including phenoxy) is 1. The first-order chi connectivity index (χ1) is 14.5. The van der Waals surface area contributed by atoms with Crippen molar-refractivity contribution in [2.24, 2.45) is 0 Å². The van der Waals surface area contributed by atoms with Crippen molar-refractivity contribution in [2.45, 2.75) is 32.8 Å². The highest BCUT2D eigenvalue weighted by Crippen LogP contribution is 2.29. The van der Waals surface area contributed by atoms with Gasteiger partial charge in [-0.05, 0) is 41.2 Å². The van der Waals surface area contributed by atoms with Gasteiger partial charge in [0.05, 0.1) is 12.2 Å². The number of aromatic carboxylic acids is 2. The van der Waals surface area contributed by atoms with E-state index in [9.17, 15) is 19.8 Å². The summed E-state index contributed by atoms with van der Waals surface area (Å²) < 4.78 is 5.25. The second-order valence-corrected chi connectivity index (χ2v) is 7.15. The lowest BCUT2D eigenvalue weighted by Gasteiger charge is -2.11. The highest BCUT2D eigenvalue weighted by Gasteiger charge is 2.22. The van der Waals surface area contributed by atoms with Gasteiger partial charge in [0.15, 0.2) is 0 Å². The quantitative estimate of drug-likeness (QED) is 0.475. The molecule has 0 bridgehead atoms. The topological polar surface area (TPSA) is 99.6 Å². The molecule has 1 aromatic heterocycles. The van der Waals surface area contributed by atoms with Gasteiger partial charge in [-0.3, -0.25) is 0 Å². The molecule has 0 saturated heterocycles. The molecule has 3 N–H and O–H groups in total. The van der Waals surface area contributed by atoms with Crippen molar-refractivity contribution in [3.8, 4) is 11.1 Å². The average molecular weight is 407 g/mol. The monoisotopic (exact) mass is 407 g/mol. The molecule has 0 spiro atoms. The Bertz CT molecular complexity index is 1050. The van der Waals surface area contributed by atoms with Crippen molar-refractivity contribution >= 4 is 11.9 Å². The molecule has 2 aromatic carbocycles. The summed E-state index contributed by atoms with van der Waals surface area (Å²) in [5.41, 5.74) is 4.97. The molecule has 0 amide bonds. The van der Waals surface area contributed by atoms with Crippen molar-refractivity contribution in [3.63, 3.8) is 0 Å². The highest BCUT2D eigenvalue weighted by atomic mass is 16.5. The third-order valence-electron chi connectivity index (χ3n) is 5.09. The Kier molecular flexibility index (Phi) is 6.69. The van der Waals surface area contributed by atoms with E-state index in [-0.39, 0.29) is 17.9 Å². The van der Waals surface area contributed by atoms with Crippen LogP contribution in [0.4, 0.5) is 0 Å². The van der Waals surface area contributed by atoms with Gasteiger partial charge in [0.1, 0.15) is 5.69 Å². The summed E-state index contributed by atoms with van der Waals surface area (Å²) in [6, 6.07) is 14.8. The zero-order valence-electron chi connectivity index (χ0n) is 17.1. The number of hydrogen-bond donors (Lipinski definition) is 3. The van der Waals surface area contributed by atoms with Crippen LogP contribution in [0, 0.1) is 0 Å². The van der Waals surface area contributed by atoms with Gasteiger partial charge in [0.25, 0.3) is 0 Å². The Labute approximate surface area is 175 Å². The van der Waals surface area contributed by atoms with E-state index in [1.165, 1.54) is 7.11 Å². The van der Waals surface area contributed by atoms with Crippen molar-refractivity contribution in [2.75, 3.05) is 7.11 Å². The Morgan fingerprint density at radius 3 is 2.33 bits per heavy atom. The molecule has 0 aliphatic rings. The molecular weight excluding hydrogens is 382 g/mol. The number of hydrogen-bond acceptors (Lipinski definition) is 3. The van der Waals surface area contributed by atoms with Gasteiger partial charge in [-0.15, -0.1) is 0 Å². The number of rotatable bonds is 9. The van der Waals surface area contributed by atoms with Crippen molar-refractivity contribution < 1.29 is 24.5 Å². The molecule has 156 valence electrons. The summed E-state index contributed by atoms with van der Waals surface area (Å²) in [5, 5.41) is 19.3. The summed E-state index contributed by atoms with van der Waals surface area (Å²) >= 11 is 0. The highest BCUT2D eigenvalue weighted by molar-refractivity contribution is 5.96. The lowest BCUT2D eigenvalue weighted by Crippen LogP contribution is -2.05. The van der Waals surface area contributed by atoms with E-state index < -0.39 is 11.9 Å². The Morgan fingerprint density at radius 1 is 1.00 bits per heavy atom. The number of aromatic nitrogens is 1. The van der Waals surface area contributed by atoms with Gasteiger partial charge in [-0.2, -0.15) is 0 Å². The van der Waals surface area contributed by atoms with Crippen LogP contribution in [0.1, 0.15) is 56.6 Å². The van der Waals surface area contributed by atoms with E-state index in [2.05, 4.69) is 4.98 Å². The summed E-state index contributed by atoms with van der Waals surface area (Å²) in [5.74, 6) is -2.03. The van der Waals surface area contributed by atoms with Crippen LogP contribution in [-0.2, 0) is 24.2 Å². The zero-order valence-corrected chi connectivity index (χ0v) is 17.1. The fraction of sp³-hybridized carbons (Fsp3) is 0.250. The fourth-order valence-electron chi connectivity index (χ4n) is 3.75. The lowest BCUT2D eigenvalue weighted by atomic mass is 9.93. The Hall–Kier alpha value is -3.38. The summed E-state index contributed by atoms with van der Waals surface area (Å²) in [6.07, 6.45) is 1.98. The van der Waals surface area contributed by atoms with E-state index in [0.717, 1.165) is 28.8 Å². The zero-order chi connectivity index (χ0) is 21.7. The first kappa shape index (κ1) is 21.3. The summed E-state index contributed by atoms with van der Waals surface area (Å²) in [6.45, 7) is 2.20. The predicted octanol–water partition coefficient (Wildman–Crippen LogP) is 4.77. The number of benzene rings is 2. The molecule has 0 radical (unpaired) electrons. The molecule has 0 unspecified atom stereocenters. The SMILES string of the molecule is CCCc1[nH]c(C(=O)O)c(COC)c1Cc1ccc(-c2ccccc2)c(C(=O)O)c1. The molecule has 0 atom stereocenters. The van der Waals surface area contributed by atoms with Crippen molar-refractivity contribution in [3.05, 3.63) is 82.2 Å². The molecule has 0 fully saturated rings. The maximum Gasteiger partial charge on any atom is 0.352 e. The molecule has 30 heavy (non-hydrogen) atoms. The maximum absolute atomic E-state index is 11.9. The largest absolute Gasteiger partial charge is 0.478 e. The Morgan fingerprint density at radius 2 is 1.73 bits per heavy atom. The maximum atomic E-state index is 11.9. The number of carboxylic acids is 2. The van der Waals surface area contributed by atoms with Crippen LogP contribution >= 0.6 is 0 Å².